The van der Waals surface area contributed by atoms with Gasteiger partial charge in [-0.3, -0.25) is 0 Å². The summed E-state index contributed by atoms with van der Waals surface area (Å²) in [5.41, 5.74) is 2.58. The van der Waals surface area contributed by atoms with E-state index in [1.165, 1.54) is 21.4 Å². The van der Waals surface area contributed by atoms with E-state index in [1.807, 2.05) is 17.8 Å². The number of fused-ring (bicyclic) bond motifs is 3. The largest absolute Gasteiger partial charge is 0.370 e. The summed E-state index contributed by atoms with van der Waals surface area (Å²) < 4.78 is 6.01. The summed E-state index contributed by atoms with van der Waals surface area (Å²) in [4.78, 5) is 12.2. The van der Waals surface area contributed by atoms with Crippen molar-refractivity contribution in [2.45, 2.75) is 55.3 Å². The number of nitrogens with zero attached hydrogens (tertiary/aromatic N) is 2. The topological polar surface area (TPSA) is 35.0 Å². The summed E-state index contributed by atoms with van der Waals surface area (Å²) in [7, 11) is 0. The maximum absolute atomic E-state index is 6.01. The van der Waals surface area contributed by atoms with Crippen LogP contribution in [0.3, 0.4) is 0 Å². The molecule has 4 rings (SSSR count). The average Bonchev–Trinajstić information content (AvgIpc) is 2.98. The average molecular weight is 403 g/mol. The van der Waals surface area contributed by atoms with Crippen LogP contribution in [0, 0.1) is 0 Å². The van der Waals surface area contributed by atoms with Gasteiger partial charge in [0.1, 0.15) is 9.86 Å². The molecule has 0 N–H and O–H groups in total. The molecule has 0 amide bonds. The van der Waals surface area contributed by atoms with Gasteiger partial charge in [0.05, 0.1) is 12.2 Å². The van der Waals surface area contributed by atoms with Gasteiger partial charge in [0.15, 0.2) is 5.16 Å². The molecular formula is C20H22N2OS3. The summed E-state index contributed by atoms with van der Waals surface area (Å²) in [6, 6.07) is 10.5. The second-order valence-electron chi connectivity index (χ2n) is 6.93. The third kappa shape index (κ3) is 3.79. The SMILES string of the molecule is CCSc1nc(SCc2ccccc2)nc2sc3c(c12)CC(C)(C)OC3. The molecule has 0 saturated heterocycles. The first kappa shape index (κ1) is 18.3. The molecule has 0 bridgehead atoms. The summed E-state index contributed by atoms with van der Waals surface area (Å²) in [6.07, 6.45) is 0.930. The molecule has 3 aromatic rings. The number of benzene rings is 1. The molecule has 2 aromatic heterocycles. The van der Waals surface area contributed by atoms with Gasteiger partial charge in [-0.05, 0) is 30.7 Å². The molecule has 136 valence electrons. The van der Waals surface area contributed by atoms with Crippen LogP contribution in [0.5, 0.6) is 0 Å². The second-order valence-corrected chi connectivity index (χ2v) is 10.2. The molecule has 6 heteroatoms. The van der Waals surface area contributed by atoms with E-state index < -0.39 is 0 Å². The molecule has 0 radical (unpaired) electrons. The molecule has 3 heterocycles. The van der Waals surface area contributed by atoms with Gasteiger partial charge in [0, 0.05) is 22.4 Å². The Morgan fingerprint density at radius 3 is 2.73 bits per heavy atom. The maximum atomic E-state index is 6.01. The summed E-state index contributed by atoms with van der Waals surface area (Å²) >= 11 is 5.31. The first-order chi connectivity index (χ1) is 12.6. The zero-order chi connectivity index (χ0) is 18.1. The standard InChI is InChI=1S/C20H22N2OS3/c1-4-24-17-16-14-10-20(2,3)23-11-15(14)26-18(16)22-19(21-17)25-12-13-8-6-5-7-9-13/h5-9H,4,10-12H2,1-3H3. The van der Waals surface area contributed by atoms with E-state index in [1.54, 1.807) is 23.1 Å². The van der Waals surface area contributed by atoms with Gasteiger partial charge >= 0.3 is 0 Å². The van der Waals surface area contributed by atoms with E-state index >= 15 is 0 Å². The summed E-state index contributed by atoms with van der Waals surface area (Å²) in [6.45, 7) is 7.20. The highest BCUT2D eigenvalue weighted by Crippen LogP contribution is 2.42. The number of thioether (sulfide) groups is 2. The fourth-order valence-electron chi connectivity index (χ4n) is 3.12. The van der Waals surface area contributed by atoms with Crippen molar-refractivity contribution >= 4 is 45.1 Å². The molecule has 1 aromatic carbocycles. The van der Waals surface area contributed by atoms with E-state index in [-0.39, 0.29) is 5.60 Å². The minimum absolute atomic E-state index is 0.115. The van der Waals surface area contributed by atoms with Crippen LogP contribution in [-0.2, 0) is 23.5 Å². The Hall–Kier alpha value is -1.08. The van der Waals surface area contributed by atoms with Crippen LogP contribution >= 0.6 is 34.9 Å². The molecular weight excluding hydrogens is 380 g/mol. The molecule has 0 atom stereocenters. The normalized spacial score (nSPS) is 16.0. The molecule has 3 nitrogen and oxygen atoms in total. The van der Waals surface area contributed by atoms with Gasteiger partial charge in [-0.25, -0.2) is 9.97 Å². The van der Waals surface area contributed by atoms with Crippen LogP contribution in [0.25, 0.3) is 10.2 Å². The third-order valence-corrected chi connectivity index (χ3v) is 7.24. The molecule has 1 aliphatic heterocycles. The minimum Gasteiger partial charge on any atom is -0.370 e. The Labute approximate surface area is 167 Å². The molecule has 0 fully saturated rings. The van der Waals surface area contributed by atoms with Crippen molar-refractivity contribution in [2.75, 3.05) is 5.75 Å². The quantitative estimate of drug-likeness (QED) is 0.299. The molecule has 0 unspecified atom stereocenters. The van der Waals surface area contributed by atoms with Crippen LogP contribution in [0.2, 0.25) is 0 Å². The Kier molecular flexibility index (Phi) is 5.28. The fourth-order valence-corrected chi connectivity index (χ4v) is 5.99. The van der Waals surface area contributed by atoms with E-state index in [9.17, 15) is 0 Å². The van der Waals surface area contributed by atoms with E-state index in [4.69, 9.17) is 14.7 Å². The minimum atomic E-state index is -0.115. The van der Waals surface area contributed by atoms with E-state index in [0.717, 1.165) is 32.9 Å². The van der Waals surface area contributed by atoms with Crippen molar-refractivity contribution in [3.8, 4) is 0 Å². The maximum Gasteiger partial charge on any atom is 0.190 e. The first-order valence-electron chi connectivity index (χ1n) is 8.81. The lowest BCUT2D eigenvalue weighted by Gasteiger charge is -2.30. The summed E-state index contributed by atoms with van der Waals surface area (Å²) in [5, 5.41) is 3.26. The van der Waals surface area contributed by atoms with Crippen molar-refractivity contribution in [3.63, 3.8) is 0 Å². The third-order valence-electron chi connectivity index (χ3n) is 4.37. The van der Waals surface area contributed by atoms with Crippen molar-refractivity contribution < 1.29 is 4.74 Å². The Bertz CT molecular complexity index is 922. The fraction of sp³-hybridized carbons (Fsp3) is 0.400. The van der Waals surface area contributed by atoms with Gasteiger partial charge in [-0.15, -0.1) is 23.1 Å². The Morgan fingerprint density at radius 1 is 1.15 bits per heavy atom. The lowest BCUT2D eigenvalue weighted by atomic mass is 9.95. The number of aromatic nitrogens is 2. The molecule has 26 heavy (non-hydrogen) atoms. The lowest BCUT2D eigenvalue weighted by molar-refractivity contribution is -0.0379. The van der Waals surface area contributed by atoms with Gasteiger partial charge in [-0.1, -0.05) is 49.0 Å². The number of rotatable bonds is 5. The highest BCUT2D eigenvalue weighted by molar-refractivity contribution is 7.99. The van der Waals surface area contributed by atoms with E-state index in [2.05, 4.69) is 45.0 Å². The molecule has 0 aliphatic carbocycles. The van der Waals surface area contributed by atoms with E-state index in [0.29, 0.717) is 6.61 Å². The highest BCUT2D eigenvalue weighted by Gasteiger charge is 2.31. The van der Waals surface area contributed by atoms with Crippen LogP contribution < -0.4 is 0 Å². The van der Waals surface area contributed by atoms with Crippen molar-refractivity contribution in [2.24, 2.45) is 0 Å². The number of ether oxygens (including phenoxy) is 1. The molecule has 0 spiro atoms. The number of thiophene rings is 1. The first-order valence-corrected chi connectivity index (χ1v) is 11.6. The van der Waals surface area contributed by atoms with Gasteiger partial charge in [-0.2, -0.15) is 0 Å². The van der Waals surface area contributed by atoms with Crippen molar-refractivity contribution in [1.82, 2.24) is 9.97 Å². The van der Waals surface area contributed by atoms with Gasteiger partial charge < -0.3 is 4.74 Å². The van der Waals surface area contributed by atoms with Crippen molar-refractivity contribution in [3.05, 3.63) is 46.3 Å². The van der Waals surface area contributed by atoms with Crippen LogP contribution in [0.1, 0.15) is 36.8 Å². The van der Waals surface area contributed by atoms with Crippen LogP contribution in [0.15, 0.2) is 40.5 Å². The molecule has 1 aliphatic rings. The predicted octanol–water partition coefficient (Wildman–Crippen LogP) is 5.95. The van der Waals surface area contributed by atoms with Gasteiger partial charge in [0.2, 0.25) is 0 Å². The number of hydrogen-bond donors (Lipinski definition) is 0. The number of hydrogen-bond acceptors (Lipinski definition) is 6. The Balaban J connectivity index is 1.71. The van der Waals surface area contributed by atoms with Crippen molar-refractivity contribution in [1.29, 1.82) is 0 Å². The monoisotopic (exact) mass is 402 g/mol. The van der Waals surface area contributed by atoms with Crippen LogP contribution in [0.4, 0.5) is 0 Å². The predicted molar refractivity (Wildman–Crippen MR) is 112 cm³/mol. The smallest absolute Gasteiger partial charge is 0.190 e. The Morgan fingerprint density at radius 2 is 1.96 bits per heavy atom. The lowest BCUT2D eigenvalue weighted by Crippen LogP contribution is -2.31. The zero-order valence-corrected chi connectivity index (χ0v) is 17.7. The van der Waals surface area contributed by atoms with Crippen LogP contribution in [-0.4, -0.2) is 21.3 Å². The second kappa shape index (κ2) is 7.50. The zero-order valence-electron chi connectivity index (χ0n) is 15.2. The highest BCUT2D eigenvalue weighted by atomic mass is 32.2. The summed E-state index contributed by atoms with van der Waals surface area (Å²) in [5.74, 6) is 1.91. The van der Waals surface area contributed by atoms with Gasteiger partial charge in [0.25, 0.3) is 0 Å². The molecule has 0 saturated carbocycles.